The molecule has 2 bridgehead atoms. The van der Waals surface area contributed by atoms with Gasteiger partial charge in [-0.2, -0.15) is 0 Å². The Morgan fingerprint density at radius 3 is 2.35 bits per heavy atom. The van der Waals surface area contributed by atoms with E-state index in [0.29, 0.717) is 5.69 Å². The van der Waals surface area contributed by atoms with Crippen LogP contribution in [0.2, 0.25) is 0 Å². The van der Waals surface area contributed by atoms with Crippen LogP contribution in [0.5, 0.6) is 0 Å². The summed E-state index contributed by atoms with van der Waals surface area (Å²) in [6.07, 6.45) is 9.18. The maximum atomic E-state index is 12.6. The first-order valence-corrected chi connectivity index (χ1v) is 7.88. The second-order valence-electron chi connectivity index (χ2n) is 6.39. The molecule has 4 atom stereocenters. The number of amides is 3. The smallest absolute Gasteiger partial charge is 0.244 e. The quantitative estimate of drug-likeness (QED) is 0.672. The summed E-state index contributed by atoms with van der Waals surface area (Å²) in [5.41, 5.74) is 0.552. The predicted molar refractivity (Wildman–Crippen MR) is 81.9 cm³/mol. The van der Waals surface area contributed by atoms with Crippen molar-refractivity contribution in [1.29, 1.82) is 0 Å². The number of fused-ring (bicyclic) bond motifs is 1. The molecule has 1 aromatic rings. The molecule has 5 rings (SSSR count). The van der Waals surface area contributed by atoms with Gasteiger partial charge >= 0.3 is 0 Å². The molecular weight excluding hydrogens is 294 g/mol. The van der Waals surface area contributed by atoms with E-state index in [1.165, 1.54) is 6.20 Å². The zero-order valence-electron chi connectivity index (χ0n) is 12.5. The molecule has 0 aromatic carbocycles. The number of allylic oxidation sites excluding steroid dienone is 2. The summed E-state index contributed by atoms with van der Waals surface area (Å²) in [7, 11) is 0. The molecule has 1 aliphatic heterocycles. The fourth-order valence-corrected chi connectivity index (χ4v) is 4.07. The van der Waals surface area contributed by atoms with Gasteiger partial charge in [0.2, 0.25) is 17.7 Å². The third-order valence-corrected chi connectivity index (χ3v) is 5.10. The molecule has 2 heterocycles. The maximum Gasteiger partial charge on any atom is 0.244 e. The van der Waals surface area contributed by atoms with Gasteiger partial charge < -0.3 is 5.32 Å². The van der Waals surface area contributed by atoms with Crippen LogP contribution in [-0.4, -0.2) is 34.2 Å². The number of nitrogens with one attached hydrogen (secondary N) is 1. The largest absolute Gasteiger partial charge is 0.323 e. The van der Waals surface area contributed by atoms with E-state index in [1.54, 1.807) is 18.3 Å². The molecule has 4 aliphatic rings. The van der Waals surface area contributed by atoms with Gasteiger partial charge in [0.1, 0.15) is 6.54 Å². The Morgan fingerprint density at radius 1 is 1.17 bits per heavy atom. The molecule has 1 N–H and O–H groups in total. The summed E-state index contributed by atoms with van der Waals surface area (Å²) in [5.74, 6) is -1.00. The van der Waals surface area contributed by atoms with E-state index in [2.05, 4.69) is 22.5 Å². The van der Waals surface area contributed by atoms with Crippen LogP contribution in [0.1, 0.15) is 12.8 Å². The van der Waals surface area contributed by atoms with Crippen molar-refractivity contribution < 1.29 is 14.4 Å². The number of pyridine rings is 1. The lowest BCUT2D eigenvalue weighted by atomic mass is 9.63. The molecule has 6 heteroatoms. The van der Waals surface area contributed by atoms with Crippen molar-refractivity contribution in [1.82, 2.24) is 9.88 Å². The molecule has 1 aromatic heterocycles. The van der Waals surface area contributed by atoms with Gasteiger partial charge in [-0.25, -0.2) is 0 Å². The highest BCUT2D eigenvalue weighted by atomic mass is 16.2. The van der Waals surface area contributed by atoms with E-state index in [9.17, 15) is 14.4 Å². The molecular formula is C17H17N3O3. The second kappa shape index (κ2) is 5.30. The normalized spacial score (nSPS) is 31.4. The van der Waals surface area contributed by atoms with Crippen molar-refractivity contribution in [3.63, 3.8) is 0 Å². The van der Waals surface area contributed by atoms with Crippen molar-refractivity contribution in [2.24, 2.45) is 23.7 Å². The van der Waals surface area contributed by atoms with Crippen molar-refractivity contribution in [3.8, 4) is 0 Å². The number of likely N-dealkylation sites (tertiary alicyclic amines) is 1. The van der Waals surface area contributed by atoms with E-state index in [1.807, 2.05) is 0 Å². The standard InChI is InChI=1S/C17H17N3O3/c21-13(19-12-2-1-7-18-8-12)9-20-16(22)14-10-3-4-11(6-5-10)15(14)17(20)23/h1-4,7-8,10-11,14-15H,5-6,9H2,(H,19,21)/t10-,11-,14-,15+/m0/s1. The van der Waals surface area contributed by atoms with E-state index in [4.69, 9.17) is 0 Å². The van der Waals surface area contributed by atoms with Crippen LogP contribution in [0.15, 0.2) is 36.7 Å². The minimum absolute atomic E-state index is 0.146. The van der Waals surface area contributed by atoms with Crippen LogP contribution < -0.4 is 5.32 Å². The Kier molecular flexibility index (Phi) is 3.25. The molecule has 6 nitrogen and oxygen atoms in total. The number of rotatable bonds is 3. The molecule has 1 saturated heterocycles. The van der Waals surface area contributed by atoms with Gasteiger partial charge in [0.05, 0.1) is 23.7 Å². The van der Waals surface area contributed by atoms with Crippen molar-refractivity contribution in [3.05, 3.63) is 36.7 Å². The van der Waals surface area contributed by atoms with Gasteiger partial charge in [-0.15, -0.1) is 0 Å². The van der Waals surface area contributed by atoms with Crippen molar-refractivity contribution in [2.75, 3.05) is 11.9 Å². The molecule has 0 spiro atoms. The van der Waals surface area contributed by atoms with Crippen LogP contribution >= 0.6 is 0 Å². The third-order valence-electron chi connectivity index (χ3n) is 5.10. The summed E-state index contributed by atoms with van der Waals surface area (Å²) < 4.78 is 0. The van der Waals surface area contributed by atoms with Gasteiger partial charge in [0, 0.05) is 6.20 Å². The number of aromatic nitrogens is 1. The minimum atomic E-state index is -0.376. The topological polar surface area (TPSA) is 79.4 Å². The number of anilines is 1. The number of hydrogen-bond donors (Lipinski definition) is 1. The SMILES string of the molecule is O=C(CN1C(=O)[C@@H]2[C@H](C1=O)[C@H]1C=C[C@H]2CC1)Nc1cccnc1. The lowest BCUT2D eigenvalue weighted by Gasteiger charge is -2.38. The fourth-order valence-electron chi connectivity index (χ4n) is 4.07. The van der Waals surface area contributed by atoms with Gasteiger partial charge in [-0.3, -0.25) is 24.3 Å². The van der Waals surface area contributed by atoms with Gasteiger partial charge in [-0.05, 0) is 36.8 Å². The highest BCUT2D eigenvalue weighted by Gasteiger charge is 2.56. The monoisotopic (exact) mass is 311 g/mol. The van der Waals surface area contributed by atoms with Crippen LogP contribution in [0.25, 0.3) is 0 Å². The summed E-state index contributed by atoms with van der Waals surface area (Å²) in [6.45, 7) is -0.223. The molecule has 0 radical (unpaired) electrons. The van der Waals surface area contributed by atoms with E-state index < -0.39 is 0 Å². The summed E-state index contributed by atoms with van der Waals surface area (Å²) in [6, 6.07) is 3.42. The molecule has 118 valence electrons. The first-order valence-electron chi connectivity index (χ1n) is 7.88. The number of carbonyl (C=O) groups excluding carboxylic acids is 3. The first-order chi connectivity index (χ1) is 11.1. The van der Waals surface area contributed by atoms with Crippen LogP contribution in [0, 0.1) is 23.7 Å². The molecule has 23 heavy (non-hydrogen) atoms. The third kappa shape index (κ3) is 2.25. The van der Waals surface area contributed by atoms with E-state index in [-0.39, 0.29) is 47.9 Å². The Balaban J connectivity index is 1.49. The van der Waals surface area contributed by atoms with Crippen LogP contribution in [-0.2, 0) is 14.4 Å². The lowest BCUT2D eigenvalue weighted by molar-refractivity contribution is -0.142. The molecule has 3 amide bonds. The lowest BCUT2D eigenvalue weighted by Crippen LogP contribution is -2.38. The number of imide groups is 1. The molecule has 2 fully saturated rings. The van der Waals surface area contributed by atoms with Crippen molar-refractivity contribution in [2.45, 2.75) is 12.8 Å². The average Bonchev–Trinajstić information content (AvgIpc) is 2.84. The minimum Gasteiger partial charge on any atom is -0.323 e. The number of carbonyl (C=O) groups is 3. The zero-order chi connectivity index (χ0) is 16.0. The average molecular weight is 311 g/mol. The summed E-state index contributed by atoms with van der Waals surface area (Å²) in [5, 5.41) is 2.67. The highest BCUT2D eigenvalue weighted by molar-refractivity contribution is 6.09. The first kappa shape index (κ1) is 14.1. The van der Waals surface area contributed by atoms with Gasteiger partial charge in [0.25, 0.3) is 0 Å². The maximum absolute atomic E-state index is 12.6. The Hall–Kier alpha value is -2.50. The van der Waals surface area contributed by atoms with Crippen LogP contribution in [0.3, 0.4) is 0 Å². The number of hydrogen-bond acceptors (Lipinski definition) is 4. The number of nitrogens with zero attached hydrogens (tertiary/aromatic N) is 2. The highest BCUT2D eigenvalue weighted by Crippen LogP contribution is 2.49. The zero-order valence-corrected chi connectivity index (χ0v) is 12.5. The molecule has 0 unspecified atom stereocenters. The Bertz CT molecular complexity index is 668. The van der Waals surface area contributed by atoms with Crippen molar-refractivity contribution >= 4 is 23.4 Å². The van der Waals surface area contributed by atoms with Crippen LogP contribution in [0.4, 0.5) is 5.69 Å². The predicted octanol–water partition coefficient (Wildman–Crippen LogP) is 1.22. The Morgan fingerprint density at radius 2 is 1.83 bits per heavy atom. The van der Waals surface area contributed by atoms with E-state index in [0.717, 1.165) is 17.7 Å². The Labute approximate surface area is 133 Å². The summed E-state index contributed by atoms with van der Waals surface area (Å²) >= 11 is 0. The molecule has 1 saturated carbocycles. The fraction of sp³-hybridized carbons (Fsp3) is 0.412. The van der Waals surface area contributed by atoms with Gasteiger partial charge in [0.15, 0.2) is 0 Å². The van der Waals surface area contributed by atoms with Gasteiger partial charge in [-0.1, -0.05) is 12.2 Å². The van der Waals surface area contributed by atoms with E-state index >= 15 is 0 Å². The second-order valence-corrected chi connectivity index (χ2v) is 6.39. The summed E-state index contributed by atoms with van der Waals surface area (Å²) in [4.78, 5) is 42.4. The molecule has 3 aliphatic carbocycles.